The second-order valence-electron chi connectivity index (χ2n) is 12.5. The van der Waals surface area contributed by atoms with Crippen LogP contribution in [0.4, 0.5) is 26.3 Å². The molecule has 0 fully saturated rings. The van der Waals surface area contributed by atoms with E-state index >= 15 is 0 Å². The van der Waals surface area contributed by atoms with Gasteiger partial charge in [0.15, 0.2) is 0 Å². The zero-order valence-electron chi connectivity index (χ0n) is 25.5. The van der Waals surface area contributed by atoms with Crippen molar-refractivity contribution in [2.24, 2.45) is 34.5 Å². The molecule has 4 rings (SSSR count). The lowest BCUT2D eigenvalue weighted by molar-refractivity contribution is -0.308. The molecule has 0 spiro atoms. The van der Waals surface area contributed by atoms with Gasteiger partial charge >= 0.3 is 12.4 Å². The summed E-state index contributed by atoms with van der Waals surface area (Å²) in [7, 11) is 0. The van der Waals surface area contributed by atoms with Crippen LogP contribution < -0.4 is 0 Å². The molecular formula is C38H40F6. The molecule has 0 heterocycles. The monoisotopic (exact) mass is 610 g/mol. The molecular weight excluding hydrogens is 570 g/mol. The molecule has 4 atom stereocenters. The van der Waals surface area contributed by atoms with E-state index in [0.717, 1.165) is 29.9 Å². The summed E-state index contributed by atoms with van der Waals surface area (Å²) in [5.74, 6) is -0.159. The lowest BCUT2D eigenvalue weighted by Crippen LogP contribution is -2.52. The highest BCUT2D eigenvalue weighted by Crippen LogP contribution is 2.60. The van der Waals surface area contributed by atoms with E-state index in [2.05, 4.69) is 75.5 Å². The Morgan fingerprint density at radius 1 is 0.477 bits per heavy atom. The number of alkyl halides is 6. The van der Waals surface area contributed by atoms with Crippen LogP contribution in [-0.4, -0.2) is 12.4 Å². The lowest BCUT2D eigenvalue weighted by atomic mass is 9.71. The van der Waals surface area contributed by atoms with Crippen molar-refractivity contribution in [1.29, 1.82) is 0 Å². The average molecular weight is 611 g/mol. The molecule has 2 unspecified atom stereocenters. The maximum atomic E-state index is 14.7. The van der Waals surface area contributed by atoms with Crippen LogP contribution in [-0.2, 0) is 0 Å². The van der Waals surface area contributed by atoms with Crippen LogP contribution in [0.15, 0.2) is 144 Å². The molecule has 0 saturated carbocycles. The maximum Gasteiger partial charge on any atom is 0.411 e. The summed E-state index contributed by atoms with van der Waals surface area (Å²) in [5, 5.41) is 0. The van der Waals surface area contributed by atoms with Crippen molar-refractivity contribution >= 4 is 0 Å². The molecule has 0 radical (unpaired) electrons. The summed E-state index contributed by atoms with van der Waals surface area (Å²) in [4.78, 5) is 0. The topological polar surface area (TPSA) is 0 Å². The van der Waals surface area contributed by atoms with E-state index in [9.17, 15) is 26.3 Å². The lowest BCUT2D eigenvalue weighted by Gasteiger charge is -2.39. The maximum absolute atomic E-state index is 14.7. The molecule has 0 aromatic rings. The molecule has 6 heteroatoms. The number of rotatable bonds is 7. The van der Waals surface area contributed by atoms with Crippen molar-refractivity contribution in [2.75, 3.05) is 0 Å². The summed E-state index contributed by atoms with van der Waals surface area (Å²) in [6.45, 7) is 8.20. The quantitative estimate of drug-likeness (QED) is 0.252. The highest BCUT2D eigenvalue weighted by molar-refractivity contribution is 5.50. The molecule has 0 saturated heterocycles. The van der Waals surface area contributed by atoms with Crippen LogP contribution in [0.1, 0.15) is 40.5 Å². The van der Waals surface area contributed by atoms with Gasteiger partial charge in [0.1, 0.15) is 0 Å². The van der Waals surface area contributed by atoms with Gasteiger partial charge in [0.05, 0.1) is 0 Å². The highest BCUT2D eigenvalue weighted by Gasteiger charge is 2.73. The van der Waals surface area contributed by atoms with Crippen LogP contribution in [0.25, 0.3) is 0 Å². The molecule has 0 bridgehead atoms. The fraction of sp³-hybridized carbons (Fsp3) is 0.368. The SMILES string of the molecule is C[C@@H]1C=CC=C(C(C2=CC=CC(CCC3C=CC=C(C(C)(C)C4=CC=C[C@H](C)C=C4)C=C3)C=C2)(C(F)(F)F)C(F)(F)F)C=C1. The van der Waals surface area contributed by atoms with E-state index in [4.69, 9.17) is 0 Å². The first-order valence-corrected chi connectivity index (χ1v) is 15.1. The van der Waals surface area contributed by atoms with Crippen LogP contribution in [0.3, 0.4) is 0 Å². The van der Waals surface area contributed by atoms with Gasteiger partial charge in [-0.05, 0) is 58.8 Å². The van der Waals surface area contributed by atoms with Gasteiger partial charge in [0.25, 0.3) is 0 Å². The van der Waals surface area contributed by atoms with Crippen LogP contribution in [0.5, 0.6) is 0 Å². The molecule has 0 aliphatic heterocycles. The number of allylic oxidation sites excluding steroid dienone is 24. The van der Waals surface area contributed by atoms with Crippen molar-refractivity contribution in [3.63, 3.8) is 0 Å². The summed E-state index contributed by atoms with van der Waals surface area (Å²) in [6.07, 6.45) is 23.8. The minimum absolute atomic E-state index is 0.0788. The molecule has 4 aliphatic rings. The smallest absolute Gasteiger partial charge is 0.169 e. The summed E-state index contributed by atoms with van der Waals surface area (Å²) >= 11 is 0. The number of hydrogen-bond acceptors (Lipinski definition) is 0. The van der Waals surface area contributed by atoms with Crippen LogP contribution in [0, 0.1) is 34.5 Å². The Labute approximate surface area is 257 Å². The fourth-order valence-electron chi connectivity index (χ4n) is 5.97. The van der Waals surface area contributed by atoms with E-state index in [1.165, 1.54) is 29.9 Å². The summed E-state index contributed by atoms with van der Waals surface area (Å²) < 4.78 is 87.9. The van der Waals surface area contributed by atoms with Crippen molar-refractivity contribution in [3.8, 4) is 0 Å². The standard InChI is InChI=1S/C38H40F6/c1-27-9-5-13-31(23-17-27)35(3,4)32-14-7-11-29(21-25-32)19-20-30-12-8-16-34(26-22-30)36(37(39,40)41,38(42,43)44)33-15-6-10-28(2)18-24-33/h5-18,21-30H,19-20H2,1-4H3/t27-,28+,29?,30?/m0/s1. The molecule has 0 aromatic carbocycles. The minimum atomic E-state index is -5.61. The van der Waals surface area contributed by atoms with E-state index in [1.807, 2.05) is 6.08 Å². The van der Waals surface area contributed by atoms with Crippen molar-refractivity contribution in [3.05, 3.63) is 144 Å². The van der Waals surface area contributed by atoms with Crippen LogP contribution in [0.2, 0.25) is 0 Å². The average Bonchev–Trinajstić information content (AvgIpc) is 3.47. The van der Waals surface area contributed by atoms with Crippen LogP contribution >= 0.6 is 0 Å². The Hall–Kier alpha value is -3.54. The van der Waals surface area contributed by atoms with Gasteiger partial charge in [-0.3, -0.25) is 0 Å². The number of halogens is 6. The van der Waals surface area contributed by atoms with Crippen molar-refractivity contribution in [1.82, 2.24) is 0 Å². The van der Waals surface area contributed by atoms with Gasteiger partial charge in [-0.15, -0.1) is 0 Å². The Morgan fingerprint density at radius 2 is 0.818 bits per heavy atom. The van der Waals surface area contributed by atoms with Gasteiger partial charge in [-0.2, -0.15) is 26.3 Å². The molecule has 0 aromatic heterocycles. The third-order valence-corrected chi connectivity index (χ3v) is 8.85. The van der Waals surface area contributed by atoms with E-state index in [1.54, 1.807) is 19.1 Å². The largest absolute Gasteiger partial charge is 0.411 e. The molecule has 0 nitrogen and oxygen atoms in total. The zero-order chi connectivity index (χ0) is 32.2. The molecule has 0 N–H and O–H groups in total. The van der Waals surface area contributed by atoms with E-state index in [-0.39, 0.29) is 23.2 Å². The minimum Gasteiger partial charge on any atom is -0.169 e. The second kappa shape index (κ2) is 13.2. The van der Waals surface area contributed by atoms with Gasteiger partial charge in [0, 0.05) is 5.41 Å². The Balaban J connectivity index is 1.51. The molecule has 234 valence electrons. The zero-order valence-corrected chi connectivity index (χ0v) is 25.5. The Bertz CT molecular complexity index is 1420. The summed E-state index contributed by atoms with van der Waals surface area (Å²) in [5.41, 5.74) is -3.72. The molecule has 44 heavy (non-hydrogen) atoms. The predicted octanol–water partition coefficient (Wildman–Crippen LogP) is 11.6. The first-order valence-electron chi connectivity index (χ1n) is 15.1. The van der Waals surface area contributed by atoms with Gasteiger partial charge in [-0.25, -0.2) is 0 Å². The highest BCUT2D eigenvalue weighted by atomic mass is 19.4. The Morgan fingerprint density at radius 3 is 1.25 bits per heavy atom. The number of hydrogen-bond donors (Lipinski definition) is 0. The van der Waals surface area contributed by atoms with E-state index in [0.29, 0.717) is 18.8 Å². The van der Waals surface area contributed by atoms with Gasteiger partial charge in [0.2, 0.25) is 5.41 Å². The molecule has 4 aliphatic carbocycles. The first-order chi connectivity index (χ1) is 20.7. The molecule has 0 amide bonds. The van der Waals surface area contributed by atoms with Gasteiger partial charge < -0.3 is 0 Å². The third kappa shape index (κ3) is 7.06. The van der Waals surface area contributed by atoms with Crippen molar-refractivity contribution in [2.45, 2.75) is 52.9 Å². The normalized spacial score (nSPS) is 26.0. The van der Waals surface area contributed by atoms with Gasteiger partial charge in [-0.1, -0.05) is 149 Å². The van der Waals surface area contributed by atoms with E-state index < -0.39 is 28.9 Å². The van der Waals surface area contributed by atoms with Crippen molar-refractivity contribution < 1.29 is 26.3 Å². The first kappa shape index (κ1) is 33.4. The fourth-order valence-corrected chi connectivity index (χ4v) is 5.97. The predicted molar refractivity (Wildman–Crippen MR) is 168 cm³/mol. The second-order valence-corrected chi connectivity index (χ2v) is 12.5. The Kier molecular flexibility index (Phi) is 10.0. The summed E-state index contributed by atoms with van der Waals surface area (Å²) in [6, 6.07) is 0. The third-order valence-electron chi connectivity index (χ3n) is 8.85.